The first kappa shape index (κ1) is 11.4. The number of nitrogens with one attached hydrogen (secondary N) is 1. The first-order valence-corrected chi connectivity index (χ1v) is 4.69. The molecule has 1 N–H and O–H groups in total. The number of carbonyl (C=O) groups excluding carboxylic acids is 1. The van der Waals surface area contributed by atoms with E-state index in [0.717, 1.165) is 0 Å². The van der Waals surface area contributed by atoms with Crippen molar-refractivity contribution in [2.24, 2.45) is 0 Å². The summed E-state index contributed by atoms with van der Waals surface area (Å²) in [4.78, 5) is 11.2. The van der Waals surface area contributed by atoms with Crippen molar-refractivity contribution >= 4 is 23.3 Å². The Bertz CT molecular complexity index is 384. The average molecular weight is 224 g/mol. The van der Waals surface area contributed by atoms with Gasteiger partial charge in [0.05, 0.1) is 0 Å². The third-order valence-electron chi connectivity index (χ3n) is 1.43. The Kier molecular flexibility index (Phi) is 4.50. The molecule has 0 atom stereocenters. The van der Waals surface area contributed by atoms with Crippen LogP contribution >= 0.6 is 11.6 Å². The van der Waals surface area contributed by atoms with E-state index in [1.54, 1.807) is 24.3 Å². The molecule has 1 heterocycles. The molecule has 0 spiro atoms. The number of anilines is 1. The molecule has 0 saturated heterocycles. The van der Waals surface area contributed by atoms with E-state index < -0.39 is 0 Å². The number of aromatic nitrogens is 2. The molecule has 0 saturated carbocycles. The molecule has 0 aliphatic rings. The van der Waals surface area contributed by atoms with Gasteiger partial charge in [-0.25, -0.2) is 0 Å². The molecule has 0 aliphatic heterocycles. The summed E-state index contributed by atoms with van der Waals surface area (Å²) >= 11 is 5.54. The van der Waals surface area contributed by atoms with Crippen molar-refractivity contribution in [2.45, 2.75) is 6.92 Å². The second kappa shape index (κ2) is 5.93. The summed E-state index contributed by atoms with van der Waals surface area (Å²) in [6.45, 7) is 1.87. The number of rotatable bonds is 3. The normalized spacial score (nSPS) is 11.1. The van der Waals surface area contributed by atoms with Gasteiger partial charge in [-0.05, 0) is 19.1 Å². The van der Waals surface area contributed by atoms with Crippen LogP contribution in [0.2, 0.25) is 5.15 Å². The Morgan fingerprint density at radius 1 is 1.40 bits per heavy atom. The van der Waals surface area contributed by atoms with E-state index in [4.69, 9.17) is 11.6 Å². The largest absolute Gasteiger partial charge is 0.306 e. The molecule has 15 heavy (non-hydrogen) atoms. The lowest BCUT2D eigenvalue weighted by Gasteiger charge is -1.98. The zero-order valence-electron chi connectivity index (χ0n) is 8.14. The van der Waals surface area contributed by atoms with E-state index in [2.05, 4.69) is 15.5 Å². The Morgan fingerprint density at radius 3 is 2.80 bits per heavy atom. The second-order valence-corrected chi connectivity index (χ2v) is 3.00. The molecule has 0 fully saturated rings. The Morgan fingerprint density at radius 2 is 2.20 bits per heavy atom. The second-order valence-electron chi connectivity index (χ2n) is 2.62. The number of nitrogens with zero attached hydrogens (tertiary/aromatic N) is 2. The number of amides is 1. The molecule has 5 heteroatoms. The minimum atomic E-state index is -0.260. The van der Waals surface area contributed by atoms with Crippen molar-refractivity contribution in [3.8, 4) is 0 Å². The van der Waals surface area contributed by atoms with Gasteiger partial charge >= 0.3 is 0 Å². The number of hydrogen-bond acceptors (Lipinski definition) is 3. The van der Waals surface area contributed by atoms with Crippen LogP contribution in [0.4, 0.5) is 5.82 Å². The van der Waals surface area contributed by atoms with E-state index in [-0.39, 0.29) is 11.1 Å². The van der Waals surface area contributed by atoms with Gasteiger partial charge < -0.3 is 5.32 Å². The predicted octanol–water partition coefficient (Wildman–Crippen LogP) is 2.20. The van der Waals surface area contributed by atoms with E-state index >= 15 is 0 Å². The summed E-state index contributed by atoms with van der Waals surface area (Å²) in [6.07, 6.45) is 6.62. The molecule has 0 aromatic carbocycles. The Hall–Kier alpha value is -1.68. The number of halogens is 1. The maximum atomic E-state index is 11.2. The van der Waals surface area contributed by atoms with Crippen LogP contribution in [-0.2, 0) is 4.79 Å². The molecule has 1 aromatic rings. The average Bonchev–Trinajstić information content (AvgIpc) is 2.22. The highest BCUT2D eigenvalue weighted by atomic mass is 35.5. The van der Waals surface area contributed by atoms with Crippen LogP contribution in [-0.4, -0.2) is 16.1 Å². The van der Waals surface area contributed by atoms with Gasteiger partial charge in [-0.1, -0.05) is 29.8 Å². The van der Waals surface area contributed by atoms with Gasteiger partial charge in [-0.15, -0.1) is 10.2 Å². The first-order valence-electron chi connectivity index (χ1n) is 4.32. The van der Waals surface area contributed by atoms with Crippen molar-refractivity contribution in [3.63, 3.8) is 0 Å². The molecule has 0 bridgehead atoms. The molecular weight excluding hydrogens is 214 g/mol. The van der Waals surface area contributed by atoms with Gasteiger partial charge in [0.15, 0.2) is 11.0 Å². The summed E-state index contributed by atoms with van der Waals surface area (Å²) in [5.74, 6) is 0.110. The molecule has 0 radical (unpaired) electrons. The lowest BCUT2D eigenvalue weighted by atomic mass is 10.4. The van der Waals surface area contributed by atoms with E-state index in [9.17, 15) is 4.79 Å². The summed E-state index contributed by atoms with van der Waals surface area (Å²) in [5.41, 5.74) is 0. The number of allylic oxidation sites excluding steroid dienone is 3. The molecule has 1 rings (SSSR count). The lowest BCUT2D eigenvalue weighted by Crippen LogP contribution is -2.09. The molecule has 1 amide bonds. The Balaban J connectivity index is 2.55. The smallest absolute Gasteiger partial charge is 0.249 e. The lowest BCUT2D eigenvalue weighted by molar-refractivity contribution is -0.111. The third-order valence-corrected chi connectivity index (χ3v) is 1.64. The monoisotopic (exact) mass is 223 g/mol. The van der Waals surface area contributed by atoms with E-state index in [1.807, 2.05) is 13.0 Å². The molecule has 0 unspecified atom stereocenters. The quantitative estimate of drug-likeness (QED) is 0.631. The van der Waals surface area contributed by atoms with Crippen molar-refractivity contribution in [1.82, 2.24) is 10.2 Å². The zero-order valence-corrected chi connectivity index (χ0v) is 8.90. The van der Waals surface area contributed by atoms with Crippen LogP contribution in [0.5, 0.6) is 0 Å². The van der Waals surface area contributed by atoms with Crippen LogP contribution < -0.4 is 5.32 Å². The van der Waals surface area contributed by atoms with Gasteiger partial charge in [0.2, 0.25) is 5.91 Å². The van der Waals surface area contributed by atoms with Crippen molar-refractivity contribution in [1.29, 1.82) is 0 Å². The van der Waals surface area contributed by atoms with Crippen molar-refractivity contribution in [2.75, 3.05) is 5.32 Å². The SMILES string of the molecule is C/C=C/C=C/C(=O)Nc1ccc(Cl)nn1. The third kappa shape index (κ3) is 4.37. The van der Waals surface area contributed by atoms with Gasteiger partial charge in [0, 0.05) is 6.08 Å². The van der Waals surface area contributed by atoms with Crippen molar-refractivity contribution < 1.29 is 4.79 Å². The van der Waals surface area contributed by atoms with E-state index in [1.165, 1.54) is 6.08 Å². The summed E-state index contributed by atoms with van der Waals surface area (Å²) < 4.78 is 0. The van der Waals surface area contributed by atoms with Crippen molar-refractivity contribution in [3.05, 3.63) is 41.6 Å². The first-order chi connectivity index (χ1) is 7.22. The zero-order chi connectivity index (χ0) is 11.1. The molecule has 1 aromatic heterocycles. The number of hydrogen-bond donors (Lipinski definition) is 1. The van der Waals surface area contributed by atoms with Crippen LogP contribution in [0.3, 0.4) is 0 Å². The molecular formula is C10H10ClN3O. The highest BCUT2D eigenvalue weighted by molar-refractivity contribution is 6.29. The van der Waals surface area contributed by atoms with Crippen LogP contribution in [0, 0.1) is 0 Å². The van der Waals surface area contributed by atoms with E-state index in [0.29, 0.717) is 5.82 Å². The fourth-order valence-corrected chi connectivity index (χ4v) is 0.905. The maximum absolute atomic E-state index is 11.2. The molecule has 78 valence electrons. The fraction of sp³-hybridized carbons (Fsp3) is 0.100. The topological polar surface area (TPSA) is 54.9 Å². The van der Waals surface area contributed by atoms with Crippen LogP contribution in [0.1, 0.15) is 6.92 Å². The van der Waals surface area contributed by atoms with Gasteiger partial charge in [0.25, 0.3) is 0 Å². The summed E-state index contributed by atoms with van der Waals surface area (Å²) in [5, 5.41) is 10.1. The standard InChI is InChI=1S/C10H10ClN3O/c1-2-3-4-5-10(15)12-9-7-6-8(11)13-14-9/h2-7H,1H3,(H,12,14,15)/b3-2+,5-4+. The Labute approximate surface area is 92.7 Å². The summed E-state index contributed by atoms with van der Waals surface area (Å²) in [7, 11) is 0. The van der Waals surface area contributed by atoms with Crippen LogP contribution in [0.15, 0.2) is 36.4 Å². The van der Waals surface area contributed by atoms with Crippen LogP contribution in [0.25, 0.3) is 0 Å². The summed E-state index contributed by atoms with van der Waals surface area (Å²) in [6, 6.07) is 3.14. The predicted molar refractivity (Wildman–Crippen MR) is 59.6 cm³/mol. The minimum Gasteiger partial charge on any atom is -0.306 e. The molecule has 4 nitrogen and oxygen atoms in total. The highest BCUT2D eigenvalue weighted by Gasteiger charge is 1.98. The van der Waals surface area contributed by atoms with Gasteiger partial charge in [-0.2, -0.15) is 0 Å². The number of carbonyl (C=O) groups is 1. The molecule has 0 aliphatic carbocycles. The maximum Gasteiger partial charge on any atom is 0.249 e. The van der Waals surface area contributed by atoms with Gasteiger partial charge in [-0.3, -0.25) is 4.79 Å². The fourth-order valence-electron chi connectivity index (χ4n) is 0.805. The van der Waals surface area contributed by atoms with Gasteiger partial charge in [0.1, 0.15) is 0 Å². The highest BCUT2D eigenvalue weighted by Crippen LogP contribution is 2.05. The minimum absolute atomic E-state index is 0.260.